The average molecular weight is 374 g/mol. The first-order chi connectivity index (χ1) is 12.2. The van der Waals surface area contributed by atoms with E-state index in [9.17, 15) is 18.0 Å². The first-order valence-electron chi connectivity index (χ1n) is 8.11. The number of hydrogen-bond acceptors (Lipinski definition) is 4. The number of anilines is 1. The van der Waals surface area contributed by atoms with Crippen molar-refractivity contribution in [3.05, 3.63) is 65.7 Å². The number of amides is 1. The monoisotopic (exact) mass is 374 g/mol. The molecule has 2 rings (SSSR count). The number of nitrogens with zero attached hydrogens (tertiary/aromatic N) is 1. The predicted molar refractivity (Wildman–Crippen MR) is 101 cm³/mol. The van der Waals surface area contributed by atoms with Gasteiger partial charge in [-0.25, -0.2) is 8.42 Å². The fourth-order valence-corrected chi connectivity index (χ4v) is 3.65. The highest BCUT2D eigenvalue weighted by molar-refractivity contribution is 7.88. The van der Waals surface area contributed by atoms with E-state index in [0.717, 1.165) is 16.1 Å². The Labute approximate surface area is 153 Å². The van der Waals surface area contributed by atoms with E-state index < -0.39 is 22.0 Å². The Morgan fingerprint density at radius 3 is 2.31 bits per heavy atom. The van der Waals surface area contributed by atoms with Crippen LogP contribution in [0.25, 0.3) is 0 Å². The quantitative estimate of drug-likeness (QED) is 0.756. The van der Waals surface area contributed by atoms with Gasteiger partial charge < -0.3 is 5.32 Å². The molecule has 2 aromatic rings. The summed E-state index contributed by atoms with van der Waals surface area (Å²) in [6, 6.07) is 15.1. The zero-order chi connectivity index (χ0) is 19.3. The summed E-state index contributed by atoms with van der Waals surface area (Å²) >= 11 is 0. The first-order valence-corrected chi connectivity index (χ1v) is 9.96. The molecule has 0 aliphatic carbocycles. The van der Waals surface area contributed by atoms with E-state index in [1.54, 1.807) is 31.2 Å². The van der Waals surface area contributed by atoms with Gasteiger partial charge in [0, 0.05) is 17.3 Å². The third-order valence-corrected chi connectivity index (χ3v) is 5.29. The first kappa shape index (κ1) is 19.8. The molecule has 0 spiro atoms. The van der Waals surface area contributed by atoms with E-state index >= 15 is 0 Å². The van der Waals surface area contributed by atoms with Crippen molar-refractivity contribution in [2.75, 3.05) is 18.1 Å². The van der Waals surface area contributed by atoms with Gasteiger partial charge in [-0.2, -0.15) is 4.31 Å². The minimum Gasteiger partial charge on any atom is -0.325 e. The molecule has 0 bridgehead atoms. The second-order valence-corrected chi connectivity index (χ2v) is 8.02. The SMILES string of the molecule is CC(=O)c1cccc(NC(=O)CN(C(C)c2ccccc2)S(C)(=O)=O)c1. The van der Waals surface area contributed by atoms with E-state index in [0.29, 0.717) is 11.3 Å². The molecule has 0 saturated carbocycles. The molecule has 0 saturated heterocycles. The van der Waals surface area contributed by atoms with Gasteiger partial charge in [-0.1, -0.05) is 42.5 Å². The summed E-state index contributed by atoms with van der Waals surface area (Å²) in [5, 5.41) is 2.65. The molecule has 7 heteroatoms. The van der Waals surface area contributed by atoms with Crippen LogP contribution in [0, 0.1) is 0 Å². The molecule has 1 atom stereocenters. The van der Waals surface area contributed by atoms with Gasteiger partial charge in [0.2, 0.25) is 15.9 Å². The van der Waals surface area contributed by atoms with Crippen LogP contribution in [0.1, 0.15) is 35.8 Å². The lowest BCUT2D eigenvalue weighted by Gasteiger charge is -2.26. The highest BCUT2D eigenvalue weighted by Crippen LogP contribution is 2.22. The number of ketones is 1. The highest BCUT2D eigenvalue weighted by Gasteiger charge is 2.27. The van der Waals surface area contributed by atoms with Crippen LogP contribution in [0.5, 0.6) is 0 Å². The van der Waals surface area contributed by atoms with E-state index in [1.807, 2.05) is 30.3 Å². The normalized spacial score (nSPS) is 12.6. The van der Waals surface area contributed by atoms with Crippen molar-refractivity contribution in [3.63, 3.8) is 0 Å². The van der Waals surface area contributed by atoms with Gasteiger partial charge in [0.05, 0.1) is 12.8 Å². The number of Topliss-reactive ketones (excluding diaryl/α,β-unsaturated/α-hetero) is 1. The van der Waals surface area contributed by atoms with Crippen molar-refractivity contribution < 1.29 is 18.0 Å². The van der Waals surface area contributed by atoms with Crippen LogP contribution in [0.2, 0.25) is 0 Å². The van der Waals surface area contributed by atoms with Crippen molar-refractivity contribution in [1.29, 1.82) is 0 Å². The molecule has 1 amide bonds. The Hall–Kier alpha value is -2.51. The van der Waals surface area contributed by atoms with Gasteiger partial charge in [-0.3, -0.25) is 9.59 Å². The van der Waals surface area contributed by atoms with E-state index in [2.05, 4.69) is 5.32 Å². The van der Waals surface area contributed by atoms with E-state index in [1.165, 1.54) is 6.92 Å². The summed E-state index contributed by atoms with van der Waals surface area (Å²) in [5.74, 6) is -0.588. The minimum atomic E-state index is -3.60. The van der Waals surface area contributed by atoms with Crippen molar-refractivity contribution >= 4 is 27.4 Å². The molecule has 138 valence electrons. The molecule has 6 nitrogen and oxygen atoms in total. The zero-order valence-corrected chi connectivity index (χ0v) is 15.8. The number of rotatable bonds is 7. The van der Waals surface area contributed by atoms with Gasteiger partial charge in [0.25, 0.3) is 0 Å². The standard InChI is InChI=1S/C19H22N2O4S/c1-14(16-8-5-4-6-9-16)21(26(3,24)25)13-19(23)20-18-11-7-10-17(12-18)15(2)22/h4-12,14H,13H2,1-3H3,(H,20,23). The van der Waals surface area contributed by atoms with Crippen LogP contribution in [-0.4, -0.2) is 37.2 Å². The molecule has 0 aliphatic rings. The maximum absolute atomic E-state index is 12.4. The van der Waals surface area contributed by atoms with E-state index in [-0.39, 0.29) is 12.3 Å². The van der Waals surface area contributed by atoms with Gasteiger partial charge in [-0.15, -0.1) is 0 Å². The number of carbonyl (C=O) groups is 2. The molecule has 0 radical (unpaired) electrons. The zero-order valence-electron chi connectivity index (χ0n) is 15.0. The van der Waals surface area contributed by atoms with Crippen LogP contribution >= 0.6 is 0 Å². The molecule has 1 N–H and O–H groups in total. The molecule has 0 fully saturated rings. The molecular formula is C19H22N2O4S. The van der Waals surface area contributed by atoms with Crippen molar-refractivity contribution in [1.82, 2.24) is 4.31 Å². The van der Waals surface area contributed by atoms with E-state index in [4.69, 9.17) is 0 Å². The number of carbonyl (C=O) groups excluding carboxylic acids is 2. The Morgan fingerprint density at radius 2 is 1.73 bits per heavy atom. The lowest BCUT2D eigenvalue weighted by molar-refractivity contribution is -0.116. The topological polar surface area (TPSA) is 83.6 Å². The number of sulfonamides is 1. The fourth-order valence-electron chi connectivity index (χ4n) is 2.60. The summed E-state index contributed by atoms with van der Waals surface area (Å²) in [4.78, 5) is 23.8. The molecule has 1 unspecified atom stereocenters. The lowest BCUT2D eigenvalue weighted by atomic mass is 10.1. The second kappa shape index (κ2) is 8.25. The number of hydrogen-bond donors (Lipinski definition) is 1. The van der Waals surface area contributed by atoms with Crippen molar-refractivity contribution in [2.24, 2.45) is 0 Å². The summed E-state index contributed by atoms with van der Waals surface area (Å²) in [7, 11) is -3.60. The Bertz CT molecular complexity index is 895. The van der Waals surface area contributed by atoms with Gasteiger partial charge in [0.15, 0.2) is 5.78 Å². The van der Waals surface area contributed by atoms with Crippen molar-refractivity contribution in [2.45, 2.75) is 19.9 Å². The molecule has 2 aromatic carbocycles. The van der Waals surface area contributed by atoms with Crippen LogP contribution in [0.3, 0.4) is 0 Å². The maximum Gasteiger partial charge on any atom is 0.239 e. The fraction of sp³-hybridized carbons (Fsp3) is 0.263. The number of benzene rings is 2. The van der Waals surface area contributed by atoms with Crippen molar-refractivity contribution in [3.8, 4) is 0 Å². The summed E-state index contributed by atoms with van der Waals surface area (Å²) in [6.45, 7) is 2.85. The highest BCUT2D eigenvalue weighted by atomic mass is 32.2. The Kier molecular flexibility index (Phi) is 6.28. The Balaban J connectivity index is 2.17. The lowest BCUT2D eigenvalue weighted by Crippen LogP contribution is -2.39. The predicted octanol–water partition coefficient (Wildman–Crippen LogP) is 2.85. The average Bonchev–Trinajstić information content (AvgIpc) is 2.59. The van der Waals surface area contributed by atoms with Gasteiger partial charge in [0.1, 0.15) is 0 Å². The largest absolute Gasteiger partial charge is 0.325 e. The van der Waals surface area contributed by atoms with Gasteiger partial charge >= 0.3 is 0 Å². The van der Waals surface area contributed by atoms with Gasteiger partial charge in [-0.05, 0) is 31.5 Å². The summed E-state index contributed by atoms with van der Waals surface area (Å²) in [5.41, 5.74) is 1.72. The smallest absolute Gasteiger partial charge is 0.239 e. The molecule has 0 aliphatic heterocycles. The van der Waals surface area contributed by atoms with Crippen LogP contribution in [0.15, 0.2) is 54.6 Å². The molecule has 0 aromatic heterocycles. The Morgan fingerprint density at radius 1 is 1.08 bits per heavy atom. The summed E-state index contributed by atoms with van der Waals surface area (Å²) in [6.07, 6.45) is 1.08. The third-order valence-electron chi connectivity index (χ3n) is 3.99. The number of nitrogens with one attached hydrogen (secondary N) is 1. The molecular weight excluding hydrogens is 352 g/mol. The minimum absolute atomic E-state index is 0.114. The molecule has 26 heavy (non-hydrogen) atoms. The second-order valence-electron chi connectivity index (χ2n) is 6.08. The summed E-state index contributed by atoms with van der Waals surface area (Å²) < 4.78 is 25.5. The maximum atomic E-state index is 12.4. The molecule has 0 heterocycles. The van der Waals surface area contributed by atoms with Crippen LogP contribution < -0.4 is 5.32 Å². The van der Waals surface area contributed by atoms with Crippen LogP contribution in [-0.2, 0) is 14.8 Å². The van der Waals surface area contributed by atoms with Crippen LogP contribution in [0.4, 0.5) is 5.69 Å². The third kappa shape index (κ3) is 5.24.